The summed E-state index contributed by atoms with van der Waals surface area (Å²) in [6, 6.07) is 0. The first kappa shape index (κ1) is 38.4. The summed E-state index contributed by atoms with van der Waals surface area (Å²) >= 11 is 1.02. The second-order valence-corrected chi connectivity index (χ2v) is 9.04. The van der Waals surface area contributed by atoms with Crippen LogP contribution in [0.15, 0.2) is 88.1 Å². The molecule has 1 heterocycles. The van der Waals surface area contributed by atoms with Gasteiger partial charge < -0.3 is 14.2 Å². The van der Waals surface area contributed by atoms with Gasteiger partial charge in [0.2, 0.25) is 5.13 Å². The van der Waals surface area contributed by atoms with Crippen molar-refractivity contribution in [3.8, 4) is 17.5 Å². The van der Waals surface area contributed by atoms with E-state index in [1.165, 1.54) is 44.9 Å². The minimum atomic E-state index is -0.762. The van der Waals surface area contributed by atoms with Crippen LogP contribution in [-0.4, -0.2) is 49.1 Å². The minimum Gasteiger partial charge on any atom is -0.494 e. The molecule has 0 bridgehead atoms. The molecule has 0 aliphatic heterocycles. The molecule has 43 heavy (non-hydrogen) atoms. The molecule has 0 saturated heterocycles. The van der Waals surface area contributed by atoms with Gasteiger partial charge in [0.25, 0.3) is 11.1 Å². The number of carbonyl (C=O) groups excluding carboxylic acids is 2. The molecule has 9 nitrogen and oxygen atoms in total. The van der Waals surface area contributed by atoms with Gasteiger partial charge in [-0.1, -0.05) is 61.5 Å². The van der Waals surface area contributed by atoms with Crippen LogP contribution < -0.4 is 10.1 Å². The molecular weight excluding hydrogens is 571 g/mol. The molecule has 1 N–H and O–H groups in total. The number of nitrogens with zero attached hydrogens (tertiary/aromatic N) is 3. The highest BCUT2D eigenvalue weighted by Gasteiger charge is 2.24. The van der Waals surface area contributed by atoms with E-state index in [1.54, 1.807) is 39.0 Å². The Kier molecular flexibility index (Phi) is 20.6. The molecule has 0 unspecified atom stereocenters. The van der Waals surface area contributed by atoms with Gasteiger partial charge in [-0.3, -0.25) is 15.1 Å². The molecule has 0 atom stereocenters. The Morgan fingerprint density at radius 2 is 1.88 bits per heavy atom. The smallest absolute Gasteiger partial charge is 0.337 e. The number of carbonyl (C=O) groups is 2. The quantitative estimate of drug-likeness (QED) is 0.0423. The Morgan fingerprint density at radius 3 is 2.42 bits per heavy atom. The number of nitrogens with one attached hydrogen (secondary N) is 1. The predicted molar refractivity (Wildman–Crippen MR) is 172 cm³/mol. The SMILES string of the molecule is C#CCC.C=C\C=C/C(OC)=C(F)/C(=C/N=CC)C(C(=O)Nc1nnc(OCC/C=C\C(=C/C)C(=O)OC)s1)=C(C)CC. The summed E-state index contributed by atoms with van der Waals surface area (Å²) in [7, 11) is 2.65. The molecule has 11 heteroatoms. The summed E-state index contributed by atoms with van der Waals surface area (Å²) in [5, 5.41) is 11.0. The number of hydrogen-bond donors (Lipinski definition) is 1. The third kappa shape index (κ3) is 14.3. The van der Waals surface area contributed by atoms with Gasteiger partial charge in [0.05, 0.1) is 32.0 Å². The molecule has 1 aromatic rings. The van der Waals surface area contributed by atoms with Gasteiger partial charge in [0, 0.05) is 24.4 Å². The third-order valence-corrected chi connectivity index (χ3v) is 5.98. The molecule has 1 amide bonds. The van der Waals surface area contributed by atoms with Crippen LogP contribution in [0.2, 0.25) is 0 Å². The Hall–Kier alpha value is -4.56. The van der Waals surface area contributed by atoms with Gasteiger partial charge in [-0.2, -0.15) is 0 Å². The van der Waals surface area contributed by atoms with Crippen LogP contribution in [0.5, 0.6) is 5.19 Å². The fourth-order valence-corrected chi connectivity index (χ4v) is 3.54. The van der Waals surface area contributed by atoms with Crippen LogP contribution in [0.3, 0.4) is 0 Å². The molecule has 1 rings (SSSR count). The number of aromatic nitrogens is 2. The summed E-state index contributed by atoms with van der Waals surface area (Å²) in [5.41, 5.74) is 1.11. The van der Waals surface area contributed by atoms with Gasteiger partial charge in [0.15, 0.2) is 11.6 Å². The molecule has 1 aromatic heterocycles. The Labute approximate surface area is 258 Å². The lowest BCUT2D eigenvalue weighted by Gasteiger charge is -2.14. The minimum absolute atomic E-state index is 0.0456. The zero-order valence-corrected chi connectivity index (χ0v) is 26.7. The number of esters is 1. The predicted octanol–water partition coefficient (Wildman–Crippen LogP) is 7.22. The summed E-state index contributed by atoms with van der Waals surface area (Å²) in [4.78, 5) is 29.0. The molecule has 0 saturated carbocycles. The fourth-order valence-electron chi connectivity index (χ4n) is 2.92. The number of allylic oxidation sites excluding steroid dienone is 6. The van der Waals surface area contributed by atoms with E-state index in [9.17, 15) is 9.59 Å². The molecular formula is C32H41FN4O5S. The molecule has 0 fully saturated rings. The van der Waals surface area contributed by atoms with Crippen molar-refractivity contribution in [2.24, 2.45) is 4.99 Å². The largest absolute Gasteiger partial charge is 0.494 e. The molecule has 0 aliphatic carbocycles. The van der Waals surface area contributed by atoms with Crippen LogP contribution in [0.4, 0.5) is 9.52 Å². The normalized spacial score (nSPS) is 13.1. The third-order valence-electron chi connectivity index (χ3n) is 5.23. The van der Waals surface area contributed by atoms with Gasteiger partial charge in [-0.05, 0) is 51.0 Å². The van der Waals surface area contributed by atoms with E-state index in [4.69, 9.17) is 20.6 Å². The number of halogens is 1. The van der Waals surface area contributed by atoms with Crippen molar-refractivity contribution in [3.63, 3.8) is 0 Å². The van der Waals surface area contributed by atoms with Crippen molar-refractivity contribution < 1.29 is 28.2 Å². The van der Waals surface area contributed by atoms with E-state index in [0.717, 1.165) is 17.8 Å². The van der Waals surface area contributed by atoms with E-state index in [-0.39, 0.29) is 33.8 Å². The zero-order chi connectivity index (χ0) is 32.6. The Morgan fingerprint density at radius 1 is 1.19 bits per heavy atom. The summed E-state index contributed by atoms with van der Waals surface area (Å²) < 4.78 is 31.1. The maximum absolute atomic E-state index is 15.6. The van der Waals surface area contributed by atoms with Crippen molar-refractivity contribution in [1.82, 2.24) is 10.2 Å². The van der Waals surface area contributed by atoms with Crippen LogP contribution in [0, 0.1) is 12.3 Å². The molecule has 0 spiro atoms. The lowest BCUT2D eigenvalue weighted by Crippen LogP contribution is -2.18. The summed E-state index contributed by atoms with van der Waals surface area (Å²) in [6.45, 7) is 12.8. The maximum atomic E-state index is 15.6. The average Bonchev–Trinajstić information content (AvgIpc) is 3.47. The number of amides is 1. The lowest BCUT2D eigenvalue weighted by atomic mass is 9.97. The first-order chi connectivity index (χ1) is 20.7. The number of hydrogen-bond acceptors (Lipinski definition) is 9. The van der Waals surface area contributed by atoms with Crippen LogP contribution >= 0.6 is 11.3 Å². The number of rotatable bonds is 15. The standard InChI is InChI=1S/C28H35FN4O5S.C4H6/c1-8-12-16-22(36-6)24(29)21(18-30-11-4)23(19(5)9-2)25(34)31-27-32-33-28(39-27)38-17-14-13-15-20(10-3)26(35)37-7;1-3-4-2/h8,10-13,15-16,18H,1,9,14,17H2,2-7H3,(H,31,32,34);1H,4H2,2H3/b15-13-,16-12-,20-10+,21-18+,23-19?,24-22+,30-11?;. The van der Waals surface area contributed by atoms with Crippen molar-refractivity contribution >= 4 is 34.6 Å². The number of ether oxygens (including phenoxy) is 3. The van der Waals surface area contributed by atoms with E-state index in [2.05, 4.69) is 33.0 Å². The first-order valence-corrected chi connectivity index (χ1v) is 14.2. The number of anilines is 1. The second-order valence-electron chi connectivity index (χ2n) is 8.10. The highest BCUT2D eigenvalue weighted by molar-refractivity contribution is 7.17. The van der Waals surface area contributed by atoms with Gasteiger partial charge in [0.1, 0.15) is 0 Å². The zero-order valence-electron chi connectivity index (χ0n) is 25.9. The topological polar surface area (TPSA) is 112 Å². The highest BCUT2D eigenvalue weighted by Crippen LogP contribution is 2.31. The molecule has 0 aliphatic rings. The average molecular weight is 613 g/mol. The van der Waals surface area contributed by atoms with Gasteiger partial charge in [-0.25, -0.2) is 9.18 Å². The van der Waals surface area contributed by atoms with E-state index >= 15 is 4.39 Å². The summed E-state index contributed by atoms with van der Waals surface area (Å²) in [6.07, 6.45) is 18.8. The molecule has 0 radical (unpaired) electrons. The summed E-state index contributed by atoms with van der Waals surface area (Å²) in [5.74, 6) is 0.571. The van der Waals surface area contributed by atoms with Crippen molar-refractivity contribution in [3.05, 3.63) is 83.1 Å². The van der Waals surface area contributed by atoms with Crippen molar-refractivity contribution in [2.75, 3.05) is 26.1 Å². The number of aliphatic imine (C=N–C) groups is 1. The van der Waals surface area contributed by atoms with Gasteiger partial charge >= 0.3 is 5.97 Å². The highest BCUT2D eigenvalue weighted by atomic mass is 32.1. The van der Waals surface area contributed by atoms with E-state index < -0.39 is 17.7 Å². The second kappa shape index (κ2) is 23.1. The number of terminal acetylenes is 1. The fraction of sp³-hybridized carbons (Fsp3) is 0.344. The van der Waals surface area contributed by atoms with Crippen molar-refractivity contribution in [2.45, 2.75) is 53.9 Å². The number of methoxy groups -OCH3 is 2. The first-order valence-electron chi connectivity index (χ1n) is 13.4. The molecule has 0 aromatic carbocycles. The lowest BCUT2D eigenvalue weighted by molar-refractivity contribution is -0.135. The van der Waals surface area contributed by atoms with Crippen LogP contribution in [0.1, 0.15) is 53.9 Å². The van der Waals surface area contributed by atoms with E-state index in [1.807, 2.05) is 13.8 Å². The van der Waals surface area contributed by atoms with Crippen LogP contribution in [0.25, 0.3) is 0 Å². The molecule has 232 valence electrons. The van der Waals surface area contributed by atoms with Gasteiger partial charge in [-0.15, -0.1) is 17.4 Å². The maximum Gasteiger partial charge on any atom is 0.337 e. The Bertz CT molecular complexity index is 1330. The van der Waals surface area contributed by atoms with Crippen molar-refractivity contribution in [1.29, 1.82) is 0 Å². The van der Waals surface area contributed by atoms with Crippen LogP contribution in [-0.2, 0) is 19.1 Å². The monoisotopic (exact) mass is 612 g/mol. The Balaban J connectivity index is 0.00000413. The van der Waals surface area contributed by atoms with E-state index in [0.29, 0.717) is 24.0 Å².